The van der Waals surface area contributed by atoms with E-state index in [1.54, 1.807) is 13.0 Å². The maximum absolute atomic E-state index is 11.9. The van der Waals surface area contributed by atoms with E-state index in [9.17, 15) is 4.79 Å². The zero-order valence-corrected chi connectivity index (χ0v) is 11.7. The number of hydrogen-bond donors (Lipinski definition) is 1. The lowest BCUT2D eigenvalue weighted by Gasteiger charge is -2.34. The number of fused-ring (bicyclic) bond motifs is 2. The maximum Gasteiger partial charge on any atom is 0.340 e. The molecule has 2 saturated heterocycles. The molecule has 108 valence electrons. The molecule has 5 heteroatoms. The van der Waals surface area contributed by atoms with E-state index in [-0.39, 0.29) is 5.97 Å². The van der Waals surface area contributed by atoms with Gasteiger partial charge in [0.1, 0.15) is 0 Å². The minimum atomic E-state index is -0.358. The Hall–Kier alpha value is -1.75. The molecule has 0 radical (unpaired) electrons. The molecular formula is C15H20N2O3. The molecule has 5 nitrogen and oxygen atoms in total. The lowest BCUT2D eigenvalue weighted by Crippen LogP contribution is -2.43. The van der Waals surface area contributed by atoms with Gasteiger partial charge in [-0.25, -0.2) is 4.79 Å². The monoisotopic (exact) mass is 276 g/mol. The predicted molar refractivity (Wildman–Crippen MR) is 76.9 cm³/mol. The number of nitrogen functional groups attached to an aromatic ring is 1. The molecule has 2 N–H and O–H groups in total. The van der Waals surface area contributed by atoms with Gasteiger partial charge in [-0.1, -0.05) is 6.07 Å². The van der Waals surface area contributed by atoms with Gasteiger partial charge in [0.15, 0.2) is 0 Å². The first-order valence-corrected chi connectivity index (χ1v) is 7.15. The molecule has 2 atom stereocenters. The second-order valence-corrected chi connectivity index (χ2v) is 5.32. The summed E-state index contributed by atoms with van der Waals surface area (Å²) < 4.78 is 10.9. The van der Waals surface area contributed by atoms with Gasteiger partial charge in [0.2, 0.25) is 0 Å². The molecule has 2 aliphatic rings. The highest BCUT2D eigenvalue weighted by Crippen LogP contribution is 2.33. The Balaban J connectivity index is 1.86. The van der Waals surface area contributed by atoms with Crippen LogP contribution in [0.2, 0.25) is 0 Å². The van der Waals surface area contributed by atoms with Crippen molar-refractivity contribution in [1.82, 2.24) is 0 Å². The van der Waals surface area contributed by atoms with E-state index in [4.69, 9.17) is 15.2 Å². The topological polar surface area (TPSA) is 64.8 Å². The van der Waals surface area contributed by atoms with Crippen molar-refractivity contribution in [3.63, 3.8) is 0 Å². The van der Waals surface area contributed by atoms with Crippen LogP contribution < -0.4 is 10.6 Å². The van der Waals surface area contributed by atoms with Gasteiger partial charge in [0, 0.05) is 13.1 Å². The third kappa shape index (κ3) is 2.33. The van der Waals surface area contributed by atoms with E-state index in [0.717, 1.165) is 31.6 Å². The first kappa shape index (κ1) is 13.2. The molecule has 0 amide bonds. The quantitative estimate of drug-likeness (QED) is 0.674. The maximum atomic E-state index is 11.9. The molecule has 0 saturated carbocycles. The van der Waals surface area contributed by atoms with Gasteiger partial charge in [0.05, 0.1) is 35.8 Å². The number of morpholine rings is 1. The average Bonchev–Trinajstić information content (AvgIpc) is 2.78. The molecule has 2 aliphatic heterocycles. The van der Waals surface area contributed by atoms with Crippen molar-refractivity contribution in [2.45, 2.75) is 32.0 Å². The van der Waals surface area contributed by atoms with E-state index in [2.05, 4.69) is 4.90 Å². The standard InChI is InChI=1S/C15H20N2O3/c1-2-19-15(18)12-4-3-5-13(14(12)16)17-8-10-6-7-11(9-17)20-10/h3-5,10-11H,2,6-9,16H2,1H3. The number of ether oxygens (including phenoxy) is 2. The van der Waals surface area contributed by atoms with Crippen molar-refractivity contribution in [2.75, 3.05) is 30.3 Å². The molecule has 20 heavy (non-hydrogen) atoms. The van der Waals surface area contributed by atoms with Crippen molar-refractivity contribution in [3.05, 3.63) is 23.8 Å². The number of carbonyl (C=O) groups is 1. The summed E-state index contributed by atoms with van der Waals surface area (Å²) in [4.78, 5) is 14.1. The van der Waals surface area contributed by atoms with Gasteiger partial charge >= 0.3 is 5.97 Å². The van der Waals surface area contributed by atoms with Crippen molar-refractivity contribution < 1.29 is 14.3 Å². The summed E-state index contributed by atoms with van der Waals surface area (Å²) in [6.45, 7) is 3.82. The number of carbonyl (C=O) groups excluding carboxylic acids is 1. The summed E-state index contributed by atoms with van der Waals surface area (Å²) in [5, 5.41) is 0. The van der Waals surface area contributed by atoms with Crippen molar-refractivity contribution in [1.29, 1.82) is 0 Å². The number of para-hydroxylation sites is 1. The van der Waals surface area contributed by atoms with Gasteiger partial charge in [-0.3, -0.25) is 0 Å². The van der Waals surface area contributed by atoms with Crippen LogP contribution in [0.4, 0.5) is 11.4 Å². The zero-order valence-electron chi connectivity index (χ0n) is 11.7. The smallest absolute Gasteiger partial charge is 0.340 e. The van der Waals surface area contributed by atoms with E-state index in [1.807, 2.05) is 12.1 Å². The number of benzene rings is 1. The normalized spacial score (nSPS) is 24.8. The highest BCUT2D eigenvalue weighted by Gasteiger charge is 2.34. The Morgan fingerprint density at radius 3 is 2.75 bits per heavy atom. The molecule has 2 heterocycles. The SMILES string of the molecule is CCOC(=O)c1cccc(N2CC3CCC(C2)O3)c1N. The van der Waals surface area contributed by atoms with Crippen LogP contribution in [-0.4, -0.2) is 37.9 Å². The van der Waals surface area contributed by atoms with Crippen molar-refractivity contribution in [2.24, 2.45) is 0 Å². The van der Waals surface area contributed by atoms with Crippen LogP contribution in [0.3, 0.4) is 0 Å². The summed E-state index contributed by atoms with van der Waals surface area (Å²) in [6.07, 6.45) is 2.80. The summed E-state index contributed by atoms with van der Waals surface area (Å²) in [5.74, 6) is -0.358. The number of rotatable bonds is 3. The number of nitrogens with two attached hydrogens (primary N) is 1. The molecule has 0 aliphatic carbocycles. The Kier molecular flexibility index (Phi) is 3.53. The summed E-state index contributed by atoms with van der Waals surface area (Å²) in [5.41, 5.74) is 8.04. The molecule has 1 aromatic rings. The molecule has 2 unspecified atom stereocenters. The molecule has 1 aromatic carbocycles. The van der Waals surface area contributed by atoms with E-state index in [0.29, 0.717) is 30.1 Å². The predicted octanol–water partition coefficient (Wildman–Crippen LogP) is 1.81. The molecule has 0 spiro atoms. The van der Waals surface area contributed by atoms with Gasteiger partial charge in [-0.2, -0.15) is 0 Å². The fraction of sp³-hybridized carbons (Fsp3) is 0.533. The van der Waals surface area contributed by atoms with Crippen LogP contribution in [0.25, 0.3) is 0 Å². The third-order valence-corrected chi connectivity index (χ3v) is 3.96. The Bertz CT molecular complexity index is 506. The average molecular weight is 276 g/mol. The Morgan fingerprint density at radius 1 is 1.40 bits per heavy atom. The minimum absolute atomic E-state index is 0.291. The number of anilines is 2. The van der Waals surface area contributed by atoms with Crippen LogP contribution in [0.5, 0.6) is 0 Å². The molecule has 2 fully saturated rings. The third-order valence-electron chi connectivity index (χ3n) is 3.96. The van der Waals surface area contributed by atoms with Gasteiger partial charge < -0.3 is 20.1 Å². The second-order valence-electron chi connectivity index (χ2n) is 5.32. The highest BCUT2D eigenvalue weighted by molar-refractivity contribution is 5.98. The van der Waals surface area contributed by atoms with Crippen LogP contribution >= 0.6 is 0 Å². The van der Waals surface area contributed by atoms with Crippen molar-refractivity contribution >= 4 is 17.3 Å². The molecule has 0 aromatic heterocycles. The highest BCUT2D eigenvalue weighted by atomic mass is 16.5. The second kappa shape index (κ2) is 5.32. The summed E-state index contributed by atoms with van der Waals surface area (Å²) in [6, 6.07) is 5.53. The van der Waals surface area contributed by atoms with Crippen LogP contribution in [-0.2, 0) is 9.47 Å². The zero-order chi connectivity index (χ0) is 14.1. The van der Waals surface area contributed by atoms with Crippen LogP contribution in [0.15, 0.2) is 18.2 Å². The first-order chi connectivity index (χ1) is 9.69. The molecule has 2 bridgehead atoms. The number of nitrogens with zero attached hydrogens (tertiary/aromatic N) is 1. The first-order valence-electron chi connectivity index (χ1n) is 7.15. The van der Waals surface area contributed by atoms with Crippen molar-refractivity contribution in [3.8, 4) is 0 Å². The summed E-state index contributed by atoms with van der Waals surface area (Å²) in [7, 11) is 0. The molecule has 3 rings (SSSR count). The van der Waals surface area contributed by atoms with E-state index < -0.39 is 0 Å². The molecular weight excluding hydrogens is 256 g/mol. The minimum Gasteiger partial charge on any atom is -0.462 e. The number of esters is 1. The number of hydrogen-bond acceptors (Lipinski definition) is 5. The summed E-state index contributed by atoms with van der Waals surface area (Å²) >= 11 is 0. The van der Waals surface area contributed by atoms with Gasteiger partial charge in [-0.05, 0) is 31.9 Å². The van der Waals surface area contributed by atoms with E-state index in [1.165, 1.54) is 0 Å². The van der Waals surface area contributed by atoms with Crippen LogP contribution in [0, 0.1) is 0 Å². The largest absolute Gasteiger partial charge is 0.462 e. The van der Waals surface area contributed by atoms with Gasteiger partial charge in [-0.15, -0.1) is 0 Å². The van der Waals surface area contributed by atoms with Gasteiger partial charge in [0.25, 0.3) is 0 Å². The lowest BCUT2D eigenvalue weighted by atomic mass is 10.1. The lowest BCUT2D eigenvalue weighted by molar-refractivity contribution is 0.0305. The Morgan fingerprint density at radius 2 is 2.10 bits per heavy atom. The van der Waals surface area contributed by atoms with E-state index >= 15 is 0 Å². The fourth-order valence-electron chi connectivity index (χ4n) is 3.03. The Labute approximate surface area is 118 Å². The fourth-order valence-corrected chi connectivity index (χ4v) is 3.03. The van der Waals surface area contributed by atoms with Crippen LogP contribution in [0.1, 0.15) is 30.1 Å².